The molecule has 0 aliphatic heterocycles. The minimum atomic E-state index is -0.845. The highest BCUT2D eigenvalue weighted by Crippen LogP contribution is 2.21. The quantitative estimate of drug-likeness (QED) is 0.914. The Labute approximate surface area is 108 Å². The molecule has 1 aromatic heterocycles. The largest absolute Gasteiger partial charge is 0.439 e. The number of rotatable bonds is 4. The third-order valence-electron chi connectivity index (χ3n) is 2.30. The number of halogens is 1. The maximum Gasteiger partial charge on any atom is 0.405 e. The molecule has 2 N–H and O–H groups in total. The van der Waals surface area contributed by atoms with E-state index in [-0.39, 0.29) is 6.54 Å². The number of hydrogen-bond donors (Lipinski definition) is 1. The van der Waals surface area contributed by atoms with E-state index in [2.05, 4.69) is 10.2 Å². The minimum absolute atomic E-state index is 0.289. The third kappa shape index (κ3) is 3.21. The van der Waals surface area contributed by atoms with Crippen LogP contribution in [0.15, 0.2) is 36.7 Å². The second kappa shape index (κ2) is 5.50. The van der Waals surface area contributed by atoms with Crippen molar-refractivity contribution < 1.29 is 9.53 Å². The summed E-state index contributed by atoms with van der Waals surface area (Å²) in [6, 6.07) is 6.95. The van der Waals surface area contributed by atoms with Crippen LogP contribution in [0.25, 0.3) is 0 Å². The molecule has 2 rings (SSSR count). The molecule has 94 valence electrons. The summed E-state index contributed by atoms with van der Waals surface area (Å²) in [5.41, 5.74) is 5.83. The smallest absolute Gasteiger partial charge is 0.405 e. The zero-order valence-corrected chi connectivity index (χ0v) is 10.1. The molecule has 1 heterocycles. The van der Waals surface area contributed by atoms with Crippen LogP contribution in [0.5, 0.6) is 0 Å². The second-order valence-corrected chi connectivity index (χ2v) is 4.00. The Hall–Kier alpha value is -2.08. The van der Waals surface area contributed by atoms with E-state index in [4.69, 9.17) is 22.1 Å². The number of amides is 1. The fourth-order valence-electron chi connectivity index (χ4n) is 1.51. The standard InChI is InChI=1S/C11H11ClN4O2/c12-9-3-1-8(2-4-9)10(18-11(13)17)7-16-14-5-6-15-16/h1-6,10H,7H2,(H2,13,17)/t10-/m1/s1. The van der Waals surface area contributed by atoms with Crippen molar-refractivity contribution in [2.24, 2.45) is 5.73 Å². The molecule has 1 aromatic carbocycles. The first kappa shape index (κ1) is 12.4. The van der Waals surface area contributed by atoms with Gasteiger partial charge in [-0.15, -0.1) is 0 Å². The molecule has 0 unspecified atom stereocenters. The van der Waals surface area contributed by atoms with Crippen LogP contribution in [0.4, 0.5) is 4.79 Å². The first-order valence-corrected chi connectivity index (χ1v) is 5.58. The molecule has 2 aromatic rings. The molecule has 0 radical (unpaired) electrons. The van der Waals surface area contributed by atoms with Gasteiger partial charge >= 0.3 is 6.09 Å². The third-order valence-corrected chi connectivity index (χ3v) is 2.55. The van der Waals surface area contributed by atoms with Gasteiger partial charge in [0.25, 0.3) is 0 Å². The van der Waals surface area contributed by atoms with Crippen molar-refractivity contribution in [2.45, 2.75) is 12.6 Å². The number of benzene rings is 1. The predicted octanol–water partition coefficient (Wildman–Crippen LogP) is 1.77. The van der Waals surface area contributed by atoms with Crippen molar-refractivity contribution in [3.63, 3.8) is 0 Å². The van der Waals surface area contributed by atoms with Crippen LogP contribution < -0.4 is 5.73 Å². The molecule has 0 saturated carbocycles. The highest BCUT2D eigenvalue weighted by molar-refractivity contribution is 6.30. The predicted molar refractivity (Wildman–Crippen MR) is 64.9 cm³/mol. The van der Waals surface area contributed by atoms with Crippen molar-refractivity contribution >= 4 is 17.7 Å². The normalized spacial score (nSPS) is 12.1. The average Bonchev–Trinajstić information content (AvgIpc) is 2.81. The second-order valence-electron chi connectivity index (χ2n) is 3.56. The molecular weight excluding hydrogens is 256 g/mol. The van der Waals surface area contributed by atoms with Crippen molar-refractivity contribution in [3.8, 4) is 0 Å². The van der Waals surface area contributed by atoms with Crippen molar-refractivity contribution in [2.75, 3.05) is 0 Å². The highest BCUT2D eigenvalue weighted by Gasteiger charge is 2.16. The summed E-state index contributed by atoms with van der Waals surface area (Å²) in [4.78, 5) is 12.3. The lowest BCUT2D eigenvalue weighted by molar-refractivity contribution is 0.0904. The van der Waals surface area contributed by atoms with Gasteiger partial charge in [-0.05, 0) is 17.7 Å². The number of nitrogens with two attached hydrogens (primary N) is 1. The van der Waals surface area contributed by atoms with Crippen molar-refractivity contribution in [1.29, 1.82) is 0 Å². The van der Waals surface area contributed by atoms with Crippen LogP contribution >= 0.6 is 11.6 Å². The number of nitrogens with zero attached hydrogens (tertiary/aromatic N) is 3. The Morgan fingerprint density at radius 1 is 1.33 bits per heavy atom. The van der Waals surface area contributed by atoms with E-state index in [1.165, 1.54) is 4.80 Å². The number of primary amides is 1. The van der Waals surface area contributed by atoms with E-state index >= 15 is 0 Å². The molecule has 0 fully saturated rings. The average molecular weight is 267 g/mol. The van der Waals surface area contributed by atoms with Gasteiger partial charge in [0, 0.05) is 5.02 Å². The number of carbonyl (C=O) groups is 1. The summed E-state index contributed by atoms with van der Waals surface area (Å²) in [5, 5.41) is 8.51. The monoisotopic (exact) mass is 266 g/mol. The van der Waals surface area contributed by atoms with Gasteiger partial charge in [0.05, 0.1) is 12.4 Å². The summed E-state index contributed by atoms with van der Waals surface area (Å²) < 4.78 is 5.04. The molecule has 18 heavy (non-hydrogen) atoms. The molecule has 7 heteroatoms. The Kier molecular flexibility index (Phi) is 3.78. The number of aromatic nitrogens is 3. The summed E-state index contributed by atoms with van der Waals surface area (Å²) in [6.07, 6.45) is 1.70. The Balaban J connectivity index is 2.19. The first-order valence-electron chi connectivity index (χ1n) is 5.21. The van der Waals surface area contributed by atoms with E-state index in [1.54, 1.807) is 36.7 Å². The summed E-state index contributed by atoms with van der Waals surface area (Å²) in [7, 11) is 0. The summed E-state index contributed by atoms with van der Waals surface area (Å²) in [5.74, 6) is 0. The number of hydrogen-bond acceptors (Lipinski definition) is 4. The lowest BCUT2D eigenvalue weighted by Gasteiger charge is -2.16. The number of carbonyl (C=O) groups excluding carboxylic acids is 1. The maximum absolute atomic E-state index is 10.9. The molecule has 1 amide bonds. The lowest BCUT2D eigenvalue weighted by Crippen LogP contribution is -2.22. The van der Waals surface area contributed by atoms with Gasteiger partial charge in [0.1, 0.15) is 12.6 Å². The zero-order valence-electron chi connectivity index (χ0n) is 9.36. The van der Waals surface area contributed by atoms with E-state index in [1.807, 2.05) is 0 Å². The Morgan fingerprint density at radius 3 is 2.50 bits per heavy atom. The molecule has 0 saturated heterocycles. The zero-order chi connectivity index (χ0) is 13.0. The van der Waals surface area contributed by atoms with Crippen LogP contribution in [0.3, 0.4) is 0 Å². The van der Waals surface area contributed by atoms with E-state index in [9.17, 15) is 4.79 Å². The topological polar surface area (TPSA) is 83.0 Å². The molecule has 0 bridgehead atoms. The lowest BCUT2D eigenvalue weighted by atomic mass is 10.1. The first-order chi connectivity index (χ1) is 8.65. The van der Waals surface area contributed by atoms with Crippen molar-refractivity contribution in [3.05, 3.63) is 47.2 Å². The SMILES string of the molecule is NC(=O)O[C@H](Cn1nccn1)c1ccc(Cl)cc1. The minimum Gasteiger partial charge on any atom is -0.439 e. The van der Waals surface area contributed by atoms with E-state index in [0.717, 1.165) is 5.56 Å². The van der Waals surface area contributed by atoms with E-state index < -0.39 is 12.2 Å². The van der Waals surface area contributed by atoms with Gasteiger partial charge in [-0.2, -0.15) is 15.0 Å². The molecule has 1 atom stereocenters. The van der Waals surface area contributed by atoms with Gasteiger partial charge in [0.15, 0.2) is 0 Å². The maximum atomic E-state index is 10.9. The van der Waals surface area contributed by atoms with Crippen molar-refractivity contribution in [1.82, 2.24) is 15.0 Å². The fraction of sp³-hybridized carbons (Fsp3) is 0.182. The van der Waals surface area contributed by atoms with Gasteiger partial charge in [-0.1, -0.05) is 23.7 Å². The molecular formula is C11H11ClN4O2. The van der Waals surface area contributed by atoms with Gasteiger partial charge < -0.3 is 10.5 Å². The van der Waals surface area contributed by atoms with Crippen LogP contribution in [0, 0.1) is 0 Å². The molecule has 0 spiro atoms. The summed E-state index contributed by atoms with van der Waals surface area (Å²) >= 11 is 5.80. The van der Waals surface area contributed by atoms with Gasteiger partial charge in [-0.25, -0.2) is 4.79 Å². The number of ether oxygens (including phenoxy) is 1. The van der Waals surface area contributed by atoms with Crippen LogP contribution in [-0.4, -0.2) is 21.1 Å². The van der Waals surface area contributed by atoms with Crippen LogP contribution in [-0.2, 0) is 11.3 Å². The van der Waals surface area contributed by atoms with E-state index in [0.29, 0.717) is 5.02 Å². The summed E-state index contributed by atoms with van der Waals surface area (Å²) in [6.45, 7) is 0.289. The molecule has 6 nitrogen and oxygen atoms in total. The molecule has 0 aliphatic rings. The fourth-order valence-corrected chi connectivity index (χ4v) is 1.64. The van der Waals surface area contributed by atoms with Gasteiger partial charge in [-0.3, -0.25) is 0 Å². The highest BCUT2D eigenvalue weighted by atomic mass is 35.5. The van der Waals surface area contributed by atoms with Gasteiger partial charge in [0.2, 0.25) is 0 Å². The van der Waals surface area contributed by atoms with Crippen LogP contribution in [0.2, 0.25) is 5.02 Å². The Morgan fingerprint density at radius 2 is 1.94 bits per heavy atom. The van der Waals surface area contributed by atoms with Crippen LogP contribution in [0.1, 0.15) is 11.7 Å². The molecule has 0 aliphatic carbocycles. The Bertz CT molecular complexity index is 512.